The second-order valence-electron chi connectivity index (χ2n) is 14.2. The standard InChI is InChI=1S/C34H46FN7O7/c1-33(2,3)19-21-17-22(35)18-23-27(21)37-25(42(23)32(47)49-34(4,5)6)20-41-16-15-36-28(30(41)45)38-29(44)24(48-31(46)40(9)10)13-11-12-14-26(43)39(7)8/h12,14-18,24H,11,13,19-20H2,1-10H3,(H,36,38,44)/b14-12+/t24-/m0/s1. The number of hydrogen-bond acceptors (Lipinski definition) is 9. The molecule has 0 saturated carbocycles. The number of likely N-dealkylation sites (N-methyl/N-ethyl adjacent to an activating group) is 1. The maximum Gasteiger partial charge on any atom is 0.420 e. The zero-order valence-corrected chi connectivity index (χ0v) is 29.8. The first-order valence-electron chi connectivity index (χ1n) is 15.7. The number of halogens is 1. The van der Waals surface area contributed by atoms with Gasteiger partial charge in [0, 0.05) is 46.7 Å². The molecule has 0 unspecified atom stereocenters. The van der Waals surface area contributed by atoms with Gasteiger partial charge in [-0.05, 0) is 63.2 Å². The summed E-state index contributed by atoms with van der Waals surface area (Å²) in [5.74, 6) is -1.90. The van der Waals surface area contributed by atoms with Gasteiger partial charge in [-0.3, -0.25) is 14.4 Å². The van der Waals surface area contributed by atoms with Crippen molar-refractivity contribution >= 4 is 40.9 Å². The highest BCUT2D eigenvalue weighted by molar-refractivity contribution is 5.94. The van der Waals surface area contributed by atoms with E-state index in [-0.39, 0.29) is 47.9 Å². The first-order chi connectivity index (χ1) is 22.7. The Balaban J connectivity index is 2.00. The number of amides is 3. The molecule has 0 spiro atoms. The molecule has 0 bridgehead atoms. The predicted octanol–water partition coefficient (Wildman–Crippen LogP) is 4.58. The van der Waals surface area contributed by atoms with E-state index in [0.29, 0.717) is 17.5 Å². The van der Waals surface area contributed by atoms with E-state index in [4.69, 9.17) is 14.5 Å². The van der Waals surface area contributed by atoms with Crippen LogP contribution < -0.4 is 10.9 Å². The summed E-state index contributed by atoms with van der Waals surface area (Å²) in [5.41, 5.74) is -0.702. The van der Waals surface area contributed by atoms with Crippen LogP contribution in [0, 0.1) is 11.2 Å². The molecule has 3 aromatic rings. The van der Waals surface area contributed by atoms with Crippen molar-refractivity contribution < 1.29 is 33.0 Å². The molecule has 14 nitrogen and oxygen atoms in total. The van der Waals surface area contributed by atoms with Crippen molar-refractivity contribution in [3.63, 3.8) is 0 Å². The molecular weight excluding hydrogens is 637 g/mol. The maximum atomic E-state index is 14.9. The minimum atomic E-state index is -1.32. The van der Waals surface area contributed by atoms with Crippen LogP contribution in [0.3, 0.4) is 0 Å². The van der Waals surface area contributed by atoms with E-state index >= 15 is 0 Å². The predicted molar refractivity (Wildman–Crippen MR) is 182 cm³/mol. The molecule has 2 heterocycles. The van der Waals surface area contributed by atoms with Gasteiger partial charge in [0.15, 0.2) is 11.9 Å². The Kier molecular flexibility index (Phi) is 12.1. The summed E-state index contributed by atoms with van der Waals surface area (Å²) >= 11 is 0. The molecule has 0 aliphatic carbocycles. The highest BCUT2D eigenvalue weighted by Crippen LogP contribution is 2.29. The second kappa shape index (κ2) is 15.4. The van der Waals surface area contributed by atoms with E-state index in [1.807, 2.05) is 20.8 Å². The van der Waals surface area contributed by atoms with Crippen LogP contribution in [-0.4, -0.2) is 92.8 Å². The number of carbonyl (C=O) groups is 4. The van der Waals surface area contributed by atoms with Crippen LogP contribution >= 0.6 is 0 Å². The third-order valence-electron chi connectivity index (χ3n) is 6.83. The Morgan fingerprint density at radius 3 is 2.31 bits per heavy atom. The first-order valence-corrected chi connectivity index (χ1v) is 15.7. The van der Waals surface area contributed by atoms with E-state index in [9.17, 15) is 28.4 Å². The smallest absolute Gasteiger partial charge is 0.420 e. The van der Waals surface area contributed by atoms with Crippen LogP contribution in [0.1, 0.15) is 65.8 Å². The molecule has 1 atom stereocenters. The molecule has 0 fully saturated rings. The van der Waals surface area contributed by atoms with Crippen molar-refractivity contribution in [2.45, 2.75) is 79.1 Å². The Morgan fingerprint density at radius 1 is 1.04 bits per heavy atom. The van der Waals surface area contributed by atoms with Gasteiger partial charge in [0.25, 0.3) is 11.5 Å². The summed E-state index contributed by atoms with van der Waals surface area (Å²) in [6.45, 7) is 10.8. The molecule has 15 heteroatoms. The van der Waals surface area contributed by atoms with Crippen LogP contribution in [0.15, 0.2) is 41.5 Å². The highest BCUT2D eigenvalue weighted by atomic mass is 19.1. The molecule has 0 saturated heterocycles. The van der Waals surface area contributed by atoms with Crippen LogP contribution in [0.25, 0.3) is 11.0 Å². The topological polar surface area (TPSA) is 158 Å². The van der Waals surface area contributed by atoms with Crippen LogP contribution in [-0.2, 0) is 32.0 Å². The van der Waals surface area contributed by atoms with Crippen molar-refractivity contribution in [1.82, 2.24) is 28.9 Å². The molecule has 266 valence electrons. The molecular formula is C34H46FN7O7. The number of allylic oxidation sites excluding steroid dienone is 1. The second-order valence-corrected chi connectivity index (χ2v) is 14.2. The van der Waals surface area contributed by atoms with Gasteiger partial charge in [0.05, 0.1) is 17.6 Å². The Hall–Kier alpha value is -5.08. The average Bonchev–Trinajstić information content (AvgIpc) is 3.32. The molecule has 0 radical (unpaired) electrons. The summed E-state index contributed by atoms with van der Waals surface area (Å²) < 4.78 is 28.2. The van der Waals surface area contributed by atoms with Crippen molar-refractivity contribution in [2.75, 3.05) is 33.5 Å². The fourth-order valence-corrected chi connectivity index (χ4v) is 4.64. The van der Waals surface area contributed by atoms with Gasteiger partial charge in [-0.1, -0.05) is 26.8 Å². The van der Waals surface area contributed by atoms with Gasteiger partial charge in [-0.15, -0.1) is 0 Å². The summed E-state index contributed by atoms with van der Waals surface area (Å²) in [5, 5.41) is 2.44. The molecule has 49 heavy (non-hydrogen) atoms. The number of rotatable bonds is 10. The lowest BCUT2D eigenvalue weighted by molar-refractivity contribution is -0.125. The molecule has 1 aromatic carbocycles. The highest BCUT2D eigenvalue weighted by Gasteiger charge is 2.28. The van der Waals surface area contributed by atoms with Crippen molar-refractivity contribution in [2.24, 2.45) is 5.41 Å². The number of nitrogens with one attached hydrogen (secondary N) is 1. The zero-order chi connectivity index (χ0) is 36.8. The number of benzene rings is 1. The third kappa shape index (κ3) is 10.7. The molecule has 3 amide bonds. The van der Waals surface area contributed by atoms with E-state index in [1.165, 1.54) is 54.2 Å². The van der Waals surface area contributed by atoms with Gasteiger partial charge >= 0.3 is 12.2 Å². The minimum Gasteiger partial charge on any atom is -0.443 e. The minimum absolute atomic E-state index is 0.0109. The van der Waals surface area contributed by atoms with Crippen molar-refractivity contribution in [3.8, 4) is 0 Å². The molecule has 1 N–H and O–H groups in total. The number of nitrogens with zero attached hydrogens (tertiary/aromatic N) is 6. The van der Waals surface area contributed by atoms with Crippen LogP contribution in [0.2, 0.25) is 0 Å². The first kappa shape index (κ1) is 38.4. The van der Waals surface area contributed by atoms with Gasteiger partial charge in [-0.2, -0.15) is 0 Å². The summed E-state index contributed by atoms with van der Waals surface area (Å²) in [7, 11) is 6.10. The van der Waals surface area contributed by atoms with Gasteiger partial charge in [0.2, 0.25) is 5.91 Å². The number of aromatic nitrogens is 4. The van der Waals surface area contributed by atoms with Crippen LogP contribution in [0.5, 0.6) is 0 Å². The average molecular weight is 684 g/mol. The number of ether oxygens (including phenoxy) is 2. The maximum absolute atomic E-state index is 14.9. The normalized spacial score (nSPS) is 12.6. The quantitative estimate of drug-likeness (QED) is 0.302. The lowest BCUT2D eigenvalue weighted by Crippen LogP contribution is -2.38. The number of carbonyl (C=O) groups excluding carboxylic acids is 4. The summed E-state index contributed by atoms with van der Waals surface area (Å²) in [6, 6.07) is 2.58. The lowest BCUT2D eigenvalue weighted by Gasteiger charge is -2.21. The Bertz CT molecular complexity index is 1800. The molecule has 0 aliphatic rings. The largest absolute Gasteiger partial charge is 0.443 e. The third-order valence-corrected chi connectivity index (χ3v) is 6.83. The SMILES string of the molecule is CN(C)C(=O)/C=C/CC[C@H](OC(=O)N(C)C)C(=O)Nc1nccn(Cc2nc3c(CC(C)(C)C)cc(F)cc3n2C(=O)OC(C)(C)C)c1=O. The molecule has 0 aliphatic heterocycles. The Morgan fingerprint density at radius 2 is 1.71 bits per heavy atom. The van der Waals surface area contributed by atoms with Crippen molar-refractivity contribution in [3.05, 3.63) is 64.2 Å². The number of hydrogen-bond donors (Lipinski definition) is 1. The van der Waals surface area contributed by atoms with E-state index in [1.54, 1.807) is 40.9 Å². The number of imidazole rings is 1. The fourth-order valence-electron chi connectivity index (χ4n) is 4.64. The monoisotopic (exact) mass is 683 g/mol. The lowest BCUT2D eigenvalue weighted by atomic mass is 9.87. The number of anilines is 1. The van der Waals surface area contributed by atoms with E-state index in [2.05, 4.69) is 10.3 Å². The van der Waals surface area contributed by atoms with E-state index < -0.39 is 41.2 Å². The van der Waals surface area contributed by atoms with Crippen LogP contribution in [0.4, 0.5) is 19.8 Å². The van der Waals surface area contributed by atoms with Gasteiger partial charge < -0.3 is 29.2 Å². The molecule has 3 rings (SSSR count). The fraction of sp³-hybridized carbons (Fsp3) is 0.500. The zero-order valence-electron chi connectivity index (χ0n) is 29.8. The van der Waals surface area contributed by atoms with Crippen molar-refractivity contribution in [1.29, 1.82) is 0 Å². The molecule has 2 aromatic heterocycles. The summed E-state index contributed by atoms with van der Waals surface area (Å²) in [4.78, 5) is 75.8. The number of fused-ring (bicyclic) bond motifs is 1. The Labute approximate surface area is 284 Å². The summed E-state index contributed by atoms with van der Waals surface area (Å²) in [6.07, 6.45) is 3.29. The van der Waals surface area contributed by atoms with Gasteiger partial charge in [-0.25, -0.2) is 28.5 Å². The van der Waals surface area contributed by atoms with E-state index in [0.717, 1.165) is 9.47 Å². The van der Waals surface area contributed by atoms with Gasteiger partial charge in [0.1, 0.15) is 17.2 Å².